The van der Waals surface area contributed by atoms with Crippen molar-refractivity contribution >= 4 is 12.1 Å². The predicted molar refractivity (Wildman–Crippen MR) is 103 cm³/mol. The first-order chi connectivity index (χ1) is 13.1. The number of aliphatic carboxylic acids is 1. The molecule has 1 atom stereocenters. The lowest BCUT2D eigenvalue weighted by Gasteiger charge is -2.17. The van der Waals surface area contributed by atoms with Gasteiger partial charge in [-0.2, -0.15) is 0 Å². The monoisotopic (exact) mass is 368 g/mol. The minimum absolute atomic E-state index is 0.0456. The molecule has 1 amide bonds. The third kappa shape index (κ3) is 4.28. The normalized spacial score (nSPS) is 13.5. The number of benzene rings is 2. The summed E-state index contributed by atoms with van der Waals surface area (Å²) in [5.74, 6) is -1.10. The van der Waals surface area contributed by atoms with Gasteiger partial charge in [0.2, 0.25) is 0 Å². The summed E-state index contributed by atoms with van der Waals surface area (Å²) in [5.41, 5.74) is 4.54. The molecule has 6 heteroatoms. The van der Waals surface area contributed by atoms with Crippen LogP contribution in [0.25, 0.3) is 11.1 Å². The molecule has 3 N–H and O–H groups in total. The van der Waals surface area contributed by atoms with Crippen LogP contribution in [-0.4, -0.2) is 43.4 Å². The molecule has 3 rings (SSSR count). The van der Waals surface area contributed by atoms with Crippen LogP contribution in [0, 0.1) is 0 Å². The Bertz CT molecular complexity index is 776. The minimum atomic E-state index is -1.06. The summed E-state index contributed by atoms with van der Waals surface area (Å²) in [6.45, 7) is 0.860. The number of carboxylic acid groups (broad SMARTS) is 1. The number of rotatable bonds is 8. The second-order valence-electron chi connectivity index (χ2n) is 6.61. The smallest absolute Gasteiger partial charge is 0.407 e. The molecule has 0 spiro atoms. The van der Waals surface area contributed by atoms with Crippen molar-refractivity contribution in [3.8, 4) is 11.1 Å². The summed E-state index contributed by atoms with van der Waals surface area (Å²) in [5, 5.41) is 14.7. The maximum absolute atomic E-state index is 12.2. The lowest BCUT2D eigenvalue weighted by Crippen LogP contribution is -2.41. The quantitative estimate of drug-likeness (QED) is 0.624. The Morgan fingerprint density at radius 2 is 1.67 bits per heavy atom. The number of amides is 1. The first-order valence-electron chi connectivity index (χ1n) is 9.10. The largest absolute Gasteiger partial charge is 0.480 e. The molecule has 0 radical (unpaired) electrons. The van der Waals surface area contributed by atoms with Crippen LogP contribution in [0.4, 0.5) is 4.79 Å². The van der Waals surface area contributed by atoms with Gasteiger partial charge in [0.05, 0.1) is 0 Å². The molecule has 2 aromatic carbocycles. The van der Waals surface area contributed by atoms with Crippen LogP contribution in [0.15, 0.2) is 48.5 Å². The fourth-order valence-electron chi connectivity index (χ4n) is 3.52. The van der Waals surface area contributed by atoms with E-state index >= 15 is 0 Å². The van der Waals surface area contributed by atoms with Crippen LogP contribution in [0.5, 0.6) is 0 Å². The van der Waals surface area contributed by atoms with Crippen LogP contribution in [-0.2, 0) is 9.53 Å². The zero-order chi connectivity index (χ0) is 19.2. The second-order valence-corrected chi connectivity index (χ2v) is 6.61. The summed E-state index contributed by atoms with van der Waals surface area (Å²) in [6, 6.07) is 15.2. The number of carboxylic acids is 1. The number of hydrogen-bond acceptors (Lipinski definition) is 4. The standard InChI is InChI=1S/C21H24N2O4/c1-22-12-6-11-19(20(24)25)23-21(26)27-13-18-16-9-4-2-7-14(16)15-8-3-5-10-17(15)18/h2-5,7-10,18-19,22H,6,11-13H2,1H3,(H,23,26)(H,24,25)/t19-/m0/s1. The Balaban J connectivity index is 1.64. The summed E-state index contributed by atoms with van der Waals surface area (Å²) in [4.78, 5) is 23.5. The number of fused-ring (bicyclic) bond motifs is 3. The zero-order valence-corrected chi connectivity index (χ0v) is 15.3. The van der Waals surface area contributed by atoms with E-state index in [-0.39, 0.29) is 12.5 Å². The Morgan fingerprint density at radius 1 is 1.07 bits per heavy atom. The number of nitrogens with one attached hydrogen (secondary N) is 2. The fraction of sp³-hybridized carbons (Fsp3) is 0.333. The lowest BCUT2D eigenvalue weighted by atomic mass is 9.98. The average Bonchev–Trinajstić information content (AvgIpc) is 2.99. The SMILES string of the molecule is CNCCC[C@H](NC(=O)OCC1c2ccccc2-c2ccccc21)C(=O)O. The van der Waals surface area contributed by atoms with Gasteiger partial charge in [-0.15, -0.1) is 0 Å². The van der Waals surface area contributed by atoms with E-state index in [2.05, 4.69) is 22.8 Å². The van der Waals surface area contributed by atoms with Crippen molar-refractivity contribution in [3.63, 3.8) is 0 Å². The summed E-state index contributed by atoms with van der Waals surface area (Å²) in [6.07, 6.45) is 0.297. The van der Waals surface area contributed by atoms with Crippen molar-refractivity contribution in [1.82, 2.24) is 10.6 Å². The van der Waals surface area contributed by atoms with Gasteiger partial charge >= 0.3 is 12.1 Å². The van der Waals surface area contributed by atoms with Crippen LogP contribution in [0.2, 0.25) is 0 Å². The van der Waals surface area contributed by atoms with Gasteiger partial charge in [-0.25, -0.2) is 9.59 Å². The molecule has 0 saturated heterocycles. The number of alkyl carbamates (subject to hydrolysis) is 1. The summed E-state index contributed by atoms with van der Waals surface area (Å²) >= 11 is 0. The molecule has 6 nitrogen and oxygen atoms in total. The topological polar surface area (TPSA) is 87.7 Å². The van der Waals surface area contributed by atoms with E-state index in [1.54, 1.807) is 7.05 Å². The summed E-state index contributed by atoms with van der Waals surface area (Å²) in [7, 11) is 1.80. The van der Waals surface area contributed by atoms with Gasteiger partial charge in [-0.05, 0) is 48.7 Å². The van der Waals surface area contributed by atoms with Gasteiger partial charge in [0.1, 0.15) is 12.6 Å². The van der Waals surface area contributed by atoms with Crippen molar-refractivity contribution in [2.75, 3.05) is 20.2 Å². The molecule has 0 saturated carbocycles. The molecule has 0 aromatic heterocycles. The molecular weight excluding hydrogens is 344 g/mol. The molecule has 1 aliphatic rings. The van der Waals surface area contributed by atoms with Gasteiger partial charge < -0.3 is 20.5 Å². The average molecular weight is 368 g/mol. The number of carbonyl (C=O) groups excluding carboxylic acids is 1. The van der Waals surface area contributed by atoms with E-state index in [1.807, 2.05) is 36.4 Å². The third-order valence-electron chi connectivity index (χ3n) is 4.85. The Labute approximate surface area is 158 Å². The molecule has 0 bridgehead atoms. The van der Waals surface area contributed by atoms with E-state index < -0.39 is 18.1 Å². The highest BCUT2D eigenvalue weighted by Gasteiger charge is 2.29. The van der Waals surface area contributed by atoms with Crippen molar-refractivity contribution < 1.29 is 19.4 Å². The highest BCUT2D eigenvalue weighted by Crippen LogP contribution is 2.44. The molecule has 142 valence electrons. The van der Waals surface area contributed by atoms with Gasteiger partial charge in [0.15, 0.2) is 0 Å². The van der Waals surface area contributed by atoms with Crippen molar-refractivity contribution in [1.29, 1.82) is 0 Å². The van der Waals surface area contributed by atoms with Crippen molar-refractivity contribution in [2.45, 2.75) is 24.8 Å². The molecule has 0 fully saturated rings. The highest BCUT2D eigenvalue weighted by molar-refractivity contribution is 5.81. The second kappa shape index (κ2) is 8.68. The van der Waals surface area contributed by atoms with Gasteiger partial charge in [-0.3, -0.25) is 0 Å². The molecule has 0 aliphatic heterocycles. The first-order valence-corrected chi connectivity index (χ1v) is 9.10. The maximum atomic E-state index is 12.2. The van der Waals surface area contributed by atoms with Crippen LogP contribution >= 0.6 is 0 Å². The minimum Gasteiger partial charge on any atom is -0.480 e. The molecule has 0 unspecified atom stereocenters. The van der Waals surface area contributed by atoms with Crippen LogP contribution in [0.3, 0.4) is 0 Å². The maximum Gasteiger partial charge on any atom is 0.407 e. The molecule has 27 heavy (non-hydrogen) atoms. The van der Waals surface area contributed by atoms with Gasteiger partial charge in [0.25, 0.3) is 0 Å². The Morgan fingerprint density at radius 3 is 2.22 bits per heavy atom. The molecule has 1 aliphatic carbocycles. The van der Waals surface area contributed by atoms with E-state index in [4.69, 9.17) is 4.74 Å². The third-order valence-corrected chi connectivity index (χ3v) is 4.85. The van der Waals surface area contributed by atoms with Crippen LogP contribution < -0.4 is 10.6 Å². The van der Waals surface area contributed by atoms with E-state index in [0.717, 1.165) is 22.3 Å². The molecule has 2 aromatic rings. The lowest BCUT2D eigenvalue weighted by molar-refractivity contribution is -0.139. The number of ether oxygens (including phenoxy) is 1. The zero-order valence-electron chi connectivity index (χ0n) is 15.3. The Hall–Kier alpha value is -2.86. The van der Waals surface area contributed by atoms with Crippen LogP contribution in [0.1, 0.15) is 29.9 Å². The van der Waals surface area contributed by atoms with Gasteiger partial charge in [-0.1, -0.05) is 48.5 Å². The number of carbonyl (C=O) groups is 2. The molecule has 0 heterocycles. The highest BCUT2D eigenvalue weighted by atomic mass is 16.5. The van der Waals surface area contributed by atoms with Gasteiger partial charge in [0, 0.05) is 5.92 Å². The van der Waals surface area contributed by atoms with Crippen molar-refractivity contribution in [2.24, 2.45) is 0 Å². The molecular formula is C21H24N2O4. The fourth-order valence-corrected chi connectivity index (χ4v) is 3.52. The van der Waals surface area contributed by atoms with Crippen molar-refractivity contribution in [3.05, 3.63) is 59.7 Å². The summed E-state index contributed by atoms with van der Waals surface area (Å²) < 4.78 is 5.40. The van der Waals surface area contributed by atoms with E-state index in [1.165, 1.54) is 0 Å². The number of hydrogen-bond donors (Lipinski definition) is 3. The first kappa shape index (κ1) is 18.9. The predicted octanol–water partition coefficient (Wildman–Crippen LogP) is 2.98. The Kier molecular flexibility index (Phi) is 6.08. The van der Waals surface area contributed by atoms with E-state index in [0.29, 0.717) is 19.4 Å². The van der Waals surface area contributed by atoms with E-state index in [9.17, 15) is 14.7 Å².